The maximum atomic E-state index is 9.84. The summed E-state index contributed by atoms with van der Waals surface area (Å²) in [4.78, 5) is 1.81. The van der Waals surface area contributed by atoms with E-state index < -0.39 is 32.4 Å². The number of rotatable bonds is 5. The van der Waals surface area contributed by atoms with Crippen LogP contribution in [-0.2, 0) is 0 Å². The zero-order chi connectivity index (χ0) is 14.6. The largest absolute Gasteiger partial charge is 0.395 e. The molecule has 6 heteroatoms. The first kappa shape index (κ1) is 16.8. The van der Waals surface area contributed by atoms with Crippen molar-refractivity contribution in [2.45, 2.75) is 50.0 Å². The number of allylic oxidation sites excluding steroid dienone is 1. The molecule has 1 heterocycles. The normalized spacial score (nSPS) is 34.1. The van der Waals surface area contributed by atoms with E-state index in [9.17, 15) is 20.4 Å². The second kappa shape index (κ2) is 6.96. The summed E-state index contributed by atoms with van der Waals surface area (Å²) in [6.07, 6.45) is 0.879. The minimum Gasteiger partial charge on any atom is -0.395 e. The first-order valence-corrected chi connectivity index (χ1v) is 10.5. The fourth-order valence-corrected chi connectivity index (χ4v) is 3.11. The number of aliphatic hydroxyl groups excluding tert-OH is 4. The Kier molecular flexibility index (Phi) is 6.16. The summed E-state index contributed by atoms with van der Waals surface area (Å²) in [7, 11) is -1.10. The number of aliphatic hydroxyl groups is 4. The van der Waals surface area contributed by atoms with Crippen molar-refractivity contribution in [2.24, 2.45) is 0 Å². The molecular weight excluding hydrogens is 262 g/mol. The summed E-state index contributed by atoms with van der Waals surface area (Å²) in [6, 6.07) is 0.563. The van der Waals surface area contributed by atoms with Crippen LogP contribution in [0.15, 0.2) is 12.2 Å². The summed E-state index contributed by atoms with van der Waals surface area (Å²) >= 11 is 0. The number of likely N-dealkylation sites (tertiary alicyclic amines) is 1. The zero-order valence-corrected chi connectivity index (χ0v) is 13.0. The molecular formula is C13H27NO4Si. The number of nitrogens with zero attached hydrogens (tertiary/aromatic N) is 1. The molecule has 1 aliphatic heterocycles. The Balaban J connectivity index is 2.56. The molecule has 0 saturated carbocycles. The van der Waals surface area contributed by atoms with Crippen LogP contribution in [0.25, 0.3) is 0 Å². The minimum absolute atomic E-state index is 0.229. The van der Waals surface area contributed by atoms with Crippen LogP contribution in [0.3, 0.4) is 0 Å². The van der Waals surface area contributed by atoms with Gasteiger partial charge in [0, 0.05) is 21.2 Å². The number of piperidine rings is 1. The first-order chi connectivity index (χ1) is 8.76. The highest BCUT2D eigenvalue weighted by Gasteiger charge is 2.40. The molecule has 1 saturated heterocycles. The number of β-amino-alcohol motifs (C(OH)–C–C–N with tert-alkyl or cyclic N) is 1. The molecule has 5 nitrogen and oxygen atoms in total. The van der Waals surface area contributed by atoms with Gasteiger partial charge in [0.1, 0.15) is 12.2 Å². The minimum atomic E-state index is -1.18. The first-order valence-electron chi connectivity index (χ1n) is 6.80. The second-order valence-electron chi connectivity index (χ2n) is 6.49. The Bertz CT molecular complexity index is 306. The molecule has 4 atom stereocenters. The van der Waals surface area contributed by atoms with Crippen LogP contribution in [-0.4, -0.2) is 77.5 Å². The predicted octanol–water partition coefficient (Wildman–Crippen LogP) is -0.360. The second-order valence-corrected chi connectivity index (χ2v) is 12.0. The molecule has 0 amide bonds. The molecule has 1 fully saturated rings. The van der Waals surface area contributed by atoms with Crippen LogP contribution in [0, 0.1) is 0 Å². The van der Waals surface area contributed by atoms with Crippen molar-refractivity contribution in [3.8, 4) is 0 Å². The molecule has 0 aromatic heterocycles. The van der Waals surface area contributed by atoms with E-state index >= 15 is 0 Å². The number of hydrogen-bond donors (Lipinski definition) is 4. The highest BCUT2D eigenvalue weighted by atomic mass is 28.3. The Labute approximate surface area is 116 Å². The summed E-state index contributed by atoms with van der Waals surface area (Å²) in [6.45, 7) is 7.47. The Morgan fingerprint density at radius 1 is 1.11 bits per heavy atom. The summed E-state index contributed by atoms with van der Waals surface area (Å²) in [5.74, 6) is 0. The van der Waals surface area contributed by atoms with Gasteiger partial charge in [-0.25, -0.2) is 0 Å². The lowest BCUT2D eigenvalue weighted by Crippen LogP contribution is -2.62. The van der Waals surface area contributed by atoms with Crippen molar-refractivity contribution in [2.75, 3.05) is 19.7 Å². The third-order valence-electron chi connectivity index (χ3n) is 3.45. The molecule has 1 rings (SSSR count). The van der Waals surface area contributed by atoms with Crippen LogP contribution >= 0.6 is 0 Å². The SMILES string of the molecule is C[Si](C)(C)C/C=C\CN1C[C@H](O)[C@@H](O)[C@H](O)[C@H]1CO. The average molecular weight is 289 g/mol. The van der Waals surface area contributed by atoms with E-state index in [1.54, 1.807) is 0 Å². The van der Waals surface area contributed by atoms with Gasteiger partial charge in [0.25, 0.3) is 0 Å². The lowest BCUT2D eigenvalue weighted by molar-refractivity contribution is -0.142. The van der Waals surface area contributed by atoms with Gasteiger partial charge in [-0.1, -0.05) is 31.8 Å². The molecule has 0 aromatic carbocycles. The Hall–Kier alpha value is -0.243. The van der Waals surface area contributed by atoms with Crippen LogP contribution < -0.4 is 0 Å². The van der Waals surface area contributed by atoms with E-state index in [1.165, 1.54) is 0 Å². The Morgan fingerprint density at radius 3 is 2.26 bits per heavy atom. The molecule has 4 N–H and O–H groups in total. The van der Waals surface area contributed by atoms with Gasteiger partial charge in [-0.3, -0.25) is 4.90 Å². The van der Waals surface area contributed by atoms with Crippen molar-refractivity contribution in [1.29, 1.82) is 0 Å². The van der Waals surface area contributed by atoms with Gasteiger partial charge in [0.15, 0.2) is 0 Å². The monoisotopic (exact) mass is 289 g/mol. The van der Waals surface area contributed by atoms with Crippen molar-refractivity contribution in [1.82, 2.24) is 4.90 Å². The van der Waals surface area contributed by atoms with Crippen LogP contribution in [0.1, 0.15) is 0 Å². The van der Waals surface area contributed by atoms with Gasteiger partial charge in [0.05, 0.1) is 18.8 Å². The molecule has 112 valence electrons. The molecule has 19 heavy (non-hydrogen) atoms. The smallest absolute Gasteiger partial charge is 0.109 e. The van der Waals surface area contributed by atoms with Crippen molar-refractivity contribution in [3.05, 3.63) is 12.2 Å². The Morgan fingerprint density at radius 2 is 1.74 bits per heavy atom. The molecule has 0 radical (unpaired) electrons. The van der Waals surface area contributed by atoms with Crippen LogP contribution in [0.5, 0.6) is 0 Å². The average Bonchev–Trinajstić information content (AvgIpc) is 2.31. The van der Waals surface area contributed by atoms with E-state index in [0.717, 1.165) is 6.04 Å². The van der Waals surface area contributed by atoms with Gasteiger partial charge >= 0.3 is 0 Å². The van der Waals surface area contributed by atoms with E-state index in [0.29, 0.717) is 6.54 Å². The fraction of sp³-hybridized carbons (Fsp3) is 0.846. The molecule has 0 aromatic rings. The van der Waals surface area contributed by atoms with E-state index in [4.69, 9.17) is 0 Å². The highest BCUT2D eigenvalue weighted by molar-refractivity contribution is 6.76. The third kappa shape index (κ3) is 4.98. The van der Waals surface area contributed by atoms with Crippen LogP contribution in [0.4, 0.5) is 0 Å². The standard InChI is InChI=1S/C13H27NO4Si/c1-19(2,3)7-5-4-6-14-8-11(16)13(18)12(17)10(14)9-15/h4-5,10-13,15-18H,6-9H2,1-3H3/b5-4-/t10-,11+,12-,13-/m1/s1. The zero-order valence-electron chi connectivity index (χ0n) is 12.0. The van der Waals surface area contributed by atoms with E-state index in [1.807, 2.05) is 11.0 Å². The summed E-state index contributed by atoms with van der Waals surface area (Å²) in [5.41, 5.74) is 0. The van der Waals surface area contributed by atoms with Crippen molar-refractivity contribution >= 4 is 8.07 Å². The van der Waals surface area contributed by atoms with Gasteiger partial charge in [0.2, 0.25) is 0 Å². The lowest BCUT2D eigenvalue weighted by atomic mass is 9.94. The van der Waals surface area contributed by atoms with Gasteiger partial charge in [-0.2, -0.15) is 0 Å². The molecule has 1 aliphatic rings. The third-order valence-corrected chi connectivity index (χ3v) is 4.91. The van der Waals surface area contributed by atoms with Crippen LogP contribution in [0.2, 0.25) is 25.7 Å². The number of hydrogen-bond acceptors (Lipinski definition) is 5. The highest BCUT2D eigenvalue weighted by Crippen LogP contribution is 2.19. The molecule has 0 bridgehead atoms. The topological polar surface area (TPSA) is 84.2 Å². The summed E-state index contributed by atoms with van der Waals surface area (Å²) < 4.78 is 0. The van der Waals surface area contributed by atoms with E-state index in [-0.39, 0.29) is 13.2 Å². The van der Waals surface area contributed by atoms with Crippen molar-refractivity contribution in [3.63, 3.8) is 0 Å². The molecule has 0 aliphatic carbocycles. The maximum Gasteiger partial charge on any atom is 0.109 e. The quantitative estimate of drug-likeness (QED) is 0.410. The summed E-state index contributed by atoms with van der Waals surface area (Å²) in [5, 5.41) is 38.4. The van der Waals surface area contributed by atoms with Gasteiger partial charge in [-0.05, 0) is 6.04 Å². The predicted molar refractivity (Wildman–Crippen MR) is 77.8 cm³/mol. The molecule has 0 spiro atoms. The van der Waals surface area contributed by atoms with Crippen molar-refractivity contribution < 1.29 is 20.4 Å². The lowest BCUT2D eigenvalue weighted by Gasteiger charge is -2.42. The fourth-order valence-electron chi connectivity index (χ4n) is 2.24. The van der Waals surface area contributed by atoms with Gasteiger partial charge < -0.3 is 20.4 Å². The molecule has 0 unspecified atom stereocenters. The van der Waals surface area contributed by atoms with Gasteiger partial charge in [-0.15, -0.1) is 0 Å². The van der Waals surface area contributed by atoms with E-state index in [2.05, 4.69) is 25.7 Å². The maximum absolute atomic E-state index is 9.84.